The summed E-state index contributed by atoms with van der Waals surface area (Å²) in [6.07, 6.45) is 1.10. The average molecular weight is 402 g/mol. The minimum Gasteiger partial charge on any atom is -0.352 e. The van der Waals surface area contributed by atoms with Gasteiger partial charge in [0.05, 0.1) is 0 Å². The number of nitrogens with one attached hydrogen (secondary N) is 1. The first-order valence-electron chi connectivity index (χ1n) is 9.46. The second-order valence-electron chi connectivity index (χ2n) is 6.93. The van der Waals surface area contributed by atoms with Crippen LogP contribution in [0.15, 0.2) is 54.6 Å². The Morgan fingerprint density at radius 3 is 2.25 bits per heavy atom. The highest BCUT2D eigenvalue weighted by Crippen LogP contribution is 2.09. The van der Waals surface area contributed by atoms with Gasteiger partial charge in [-0.25, -0.2) is 0 Å². The van der Waals surface area contributed by atoms with E-state index in [1.807, 2.05) is 37.2 Å². The molecule has 28 heavy (non-hydrogen) atoms. The third-order valence-electron chi connectivity index (χ3n) is 4.41. The Bertz CT molecular complexity index is 748. The van der Waals surface area contributed by atoms with E-state index < -0.39 is 0 Å². The summed E-state index contributed by atoms with van der Waals surface area (Å²) in [4.78, 5) is 28.8. The Morgan fingerprint density at radius 2 is 1.61 bits per heavy atom. The number of carbonyl (C=O) groups excluding carboxylic acids is 2. The molecule has 2 aromatic rings. The van der Waals surface area contributed by atoms with Crippen LogP contribution in [0.25, 0.3) is 0 Å². The van der Waals surface area contributed by atoms with Crippen LogP contribution in [0.3, 0.4) is 0 Å². The van der Waals surface area contributed by atoms with Crippen molar-refractivity contribution in [2.24, 2.45) is 0 Å². The van der Waals surface area contributed by atoms with Crippen LogP contribution in [-0.4, -0.2) is 61.9 Å². The molecule has 2 amide bonds. The van der Waals surface area contributed by atoms with Gasteiger partial charge in [-0.05, 0) is 50.3 Å². The summed E-state index contributed by atoms with van der Waals surface area (Å²) in [5, 5.41) is 3.39. The van der Waals surface area contributed by atoms with Gasteiger partial charge in [0.15, 0.2) is 0 Å². The smallest absolute Gasteiger partial charge is 0.251 e. The third-order valence-corrected chi connectivity index (χ3v) is 4.67. The van der Waals surface area contributed by atoms with Crippen LogP contribution in [0.2, 0.25) is 5.02 Å². The van der Waals surface area contributed by atoms with E-state index in [1.165, 1.54) is 5.56 Å². The molecule has 0 aliphatic rings. The lowest BCUT2D eigenvalue weighted by molar-refractivity contribution is -0.131. The van der Waals surface area contributed by atoms with Crippen molar-refractivity contribution in [2.45, 2.75) is 12.8 Å². The fourth-order valence-electron chi connectivity index (χ4n) is 2.74. The molecule has 2 rings (SSSR count). The average Bonchev–Trinajstić information content (AvgIpc) is 2.69. The number of hydrogen-bond acceptors (Lipinski definition) is 3. The van der Waals surface area contributed by atoms with Crippen molar-refractivity contribution < 1.29 is 9.59 Å². The number of nitrogens with zero attached hydrogens (tertiary/aromatic N) is 2. The summed E-state index contributed by atoms with van der Waals surface area (Å²) in [7, 11) is 3.98. The molecule has 5 nitrogen and oxygen atoms in total. The highest BCUT2D eigenvalue weighted by atomic mass is 35.5. The molecule has 6 heteroatoms. The first-order valence-corrected chi connectivity index (χ1v) is 9.83. The molecule has 1 N–H and O–H groups in total. The lowest BCUT2D eigenvalue weighted by Gasteiger charge is -2.24. The fourth-order valence-corrected chi connectivity index (χ4v) is 2.86. The number of amides is 2. The maximum Gasteiger partial charge on any atom is 0.251 e. The lowest BCUT2D eigenvalue weighted by Crippen LogP contribution is -2.39. The maximum atomic E-state index is 12.7. The van der Waals surface area contributed by atoms with Gasteiger partial charge in [0, 0.05) is 43.2 Å². The normalized spacial score (nSPS) is 10.7. The number of rotatable bonds is 10. The van der Waals surface area contributed by atoms with E-state index in [1.54, 1.807) is 24.3 Å². The molecule has 0 bridgehead atoms. The minimum absolute atomic E-state index is 0.0502. The van der Waals surface area contributed by atoms with Crippen molar-refractivity contribution in [1.82, 2.24) is 15.1 Å². The molecule has 0 aliphatic heterocycles. The monoisotopic (exact) mass is 401 g/mol. The largest absolute Gasteiger partial charge is 0.352 e. The zero-order valence-corrected chi connectivity index (χ0v) is 17.3. The van der Waals surface area contributed by atoms with Gasteiger partial charge in [0.1, 0.15) is 0 Å². The molecule has 0 unspecified atom stereocenters. The Labute approximate surface area is 172 Å². The van der Waals surface area contributed by atoms with Crippen LogP contribution < -0.4 is 5.32 Å². The van der Waals surface area contributed by atoms with Crippen LogP contribution in [0.5, 0.6) is 0 Å². The molecule has 0 fully saturated rings. The van der Waals surface area contributed by atoms with E-state index in [2.05, 4.69) is 22.3 Å². The third kappa shape index (κ3) is 7.71. The topological polar surface area (TPSA) is 52.6 Å². The molecule has 0 atom stereocenters. The molecule has 0 spiro atoms. The summed E-state index contributed by atoms with van der Waals surface area (Å²) >= 11 is 5.84. The molecular weight excluding hydrogens is 374 g/mol. The van der Waals surface area contributed by atoms with Crippen molar-refractivity contribution in [3.8, 4) is 0 Å². The van der Waals surface area contributed by atoms with Crippen LogP contribution in [0.4, 0.5) is 0 Å². The Balaban J connectivity index is 1.84. The van der Waals surface area contributed by atoms with Crippen molar-refractivity contribution in [3.63, 3.8) is 0 Å². The zero-order valence-electron chi connectivity index (χ0n) is 16.5. The molecule has 150 valence electrons. The van der Waals surface area contributed by atoms with Gasteiger partial charge in [-0.2, -0.15) is 0 Å². The summed E-state index contributed by atoms with van der Waals surface area (Å²) in [5.41, 5.74) is 1.74. The highest BCUT2D eigenvalue weighted by molar-refractivity contribution is 6.30. The Kier molecular flexibility index (Phi) is 8.98. The number of carbonyl (C=O) groups is 2. The quantitative estimate of drug-likeness (QED) is 0.665. The van der Waals surface area contributed by atoms with Gasteiger partial charge in [-0.1, -0.05) is 41.9 Å². The van der Waals surface area contributed by atoms with E-state index >= 15 is 0 Å². The zero-order chi connectivity index (χ0) is 20.4. The summed E-state index contributed by atoms with van der Waals surface area (Å²) in [5.74, 6) is -0.150. The molecule has 0 saturated carbocycles. The molecule has 0 aliphatic carbocycles. The number of benzene rings is 2. The fraction of sp³-hybridized carbons (Fsp3) is 0.364. The number of likely N-dealkylation sites (N-methyl/N-ethyl adjacent to an activating group) is 1. The predicted molar refractivity (Wildman–Crippen MR) is 114 cm³/mol. The van der Waals surface area contributed by atoms with Gasteiger partial charge >= 0.3 is 0 Å². The first-order chi connectivity index (χ1) is 13.5. The van der Waals surface area contributed by atoms with E-state index in [0.29, 0.717) is 30.2 Å². The van der Waals surface area contributed by atoms with Crippen LogP contribution in [0, 0.1) is 0 Å². The molecule has 2 aromatic carbocycles. The Hall–Kier alpha value is -2.37. The second-order valence-corrected chi connectivity index (χ2v) is 7.37. The lowest BCUT2D eigenvalue weighted by atomic mass is 10.1. The van der Waals surface area contributed by atoms with Gasteiger partial charge in [-0.15, -0.1) is 0 Å². The van der Waals surface area contributed by atoms with E-state index in [4.69, 9.17) is 11.6 Å². The summed E-state index contributed by atoms with van der Waals surface area (Å²) in [6, 6.07) is 16.8. The van der Waals surface area contributed by atoms with Crippen LogP contribution >= 0.6 is 11.6 Å². The van der Waals surface area contributed by atoms with Gasteiger partial charge in [0.25, 0.3) is 5.91 Å². The first kappa shape index (κ1) is 21.9. The van der Waals surface area contributed by atoms with Crippen molar-refractivity contribution in [3.05, 3.63) is 70.7 Å². The molecule has 0 saturated heterocycles. The van der Waals surface area contributed by atoms with Gasteiger partial charge in [-0.3, -0.25) is 9.59 Å². The maximum absolute atomic E-state index is 12.7. The standard InChI is InChI=1S/C22H28ClN3O2/c1-25(2)16-17-26(15-13-18-6-4-3-5-7-18)21(27)12-14-24-22(28)19-8-10-20(23)11-9-19/h3-11H,12-17H2,1-2H3,(H,24,28). The van der Waals surface area contributed by atoms with Crippen molar-refractivity contribution >= 4 is 23.4 Å². The SMILES string of the molecule is CN(C)CCN(CCc1ccccc1)C(=O)CCNC(=O)c1ccc(Cl)cc1. The van der Waals surface area contributed by atoms with E-state index in [9.17, 15) is 9.59 Å². The molecular formula is C22H28ClN3O2. The molecule has 0 radical (unpaired) electrons. The summed E-state index contributed by atoms with van der Waals surface area (Å²) < 4.78 is 0. The van der Waals surface area contributed by atoms with Crippen LogP contribution in [0.1, 0.15) is 22.3 Å². The van der Waals surface area contributed by atoms with Crippen molar-refractivity contribution in [1.29, 1.82) is 0 Å². The molecule has 0 aromatic heterocycles. The van der Waals surface area contributed by atoms with E-state index in [-0.39, 0.29) is 18.2 Å². The van der Waals surface area contributed by atoms with E-state index in [0.717, 1.165) is 13.0 Å². The van der Waals surface area contributed by atoms with Gasteiger partial charge in [0.2, 0.25) is 5.91 Å². The Morgan fingerprint density at radius 1 is 0.929 bits per heavy atom. The second kappa shape index (κ2) is 11.5. The minimum atomic E-state index is -0.200. The predicted octanol–water partition coefficient (Wildman–Crippen LogP) is 3.09. The van der Waals surface area contributed by atoms with Crippen molar-refractivity contribution in [2.75, 3.05) is 40.3 Å². The van der Waals surface area contributed by atoms with Gasteiger partial charge < -0.3 is 15.1 Å². The summed E-state index contributed by atoms with van der Waals surface area (Å²) in [6.45, 7) is 2.45. The highest BCUT2D eigenvalue weighted by Gasteiger charge is 2.14. The number of halogens is 1. The number of hydrogen-bond donors (Lipinski definition) is 1. The van der Waals surface area contributed by atoms with Crippen LogP contribution in [-0.2, 0) is 11.2 Å². The molecule has 0 heterocycles.